The average molecular weight is 287 g/mol. The minimum absolute atomic E-state index is 0.239. The Bertz CT molecular complexity index is 655. The molecular formula is C18H25NO2. The van der Waals surface area contributed by atoms with Crippen molar-refractivity contribution in [3.05, 3.63) is 35.0 Å². The first-order valence-electron chi connectivity index (χ1n) is 7.71. The number of nitrogens with zero attached hydrogens (tertiary/aromatic N) is 1. The molecule has 1 aromatic carbocycles. The van der Waals surface area contributed by atoms with Gasteiger partial charge in [-0.3, -0.25) is 4.79 Å². The predicted octanol–water partition coefficient (Wildman–Crippen LogP) is 4.46. The van der Waals surface area contributed by atoms with E-state index < -0.39 is 5.97 Å². The zero-order valence-corrected chi connectivity index (χ0v) is 13.4. The molecule has 0 aliphatic rings. The van der Waals surface area contributed by atoms with Crippen LogP contribution in [0.15, 0.2) is 18.2 Å². The molecule has 0 amide bonds. The third-order valence-electron chi connectivity index (χ3n) is 4.55. The van der Waals surface area contributed by atoms with Gasteiger partial charge in [-0.05, 0) is 50.8 Å². The highest BCUT2D eigenvalue weighted by Crippen LogP contribution is 2.28. The molecule has 21 heavy (non-hydrogen) atoms. The third kappa shape index (κ3) is 3.12. The molecule has 1 atom stereocenters. The molecule has 2 rings (SSSR count). The van der Waals surface area contributed by atoms with Crippen molar-refractivity contribution in [1.82, 2.24) is 4.57 Å². The Balaban J connectivity index is 2.11. The molecule has 0 bridgehead atoms. The van der Waals surface area contributed by atoms with Gasteiger partial charge in [0.1, 0.15) is 0 Å². The highest BCUT2D eigenvalue weighted by molar-refractivity contribution is 5.88. The van der Waals surface area contributed by atoms with Gasteiger partial charge in [-0.2, -0.15) is 0 Å². The van der Waals surface area contributed by atoms with E-state index in [1.807, 2.05) is 0 Å². The Labute approximate surface area is 126 Å². The number of aromatic nitrogens is 1. The lowest BCUT2D eigenvalue weighted by Crippen LogP contribution is -2.09. The molecule has 0 fully saturated rings. The lowest BCUT2D eigenvalue weighted by Gasteiger charge is -2.10. The molecule has 114 valence electrons. The van der Waals surface area contributed by atoms with Gasteiger partial charge < -0.3 is 9.67 Å². The first-order chi connectivity index (χ1) is 9.93. The number of hydrogen-bond acceptors (Lipinski definition) is 1. The van der Waals surface area contributed by atoms with E-state index in [0.29, 0.717) is 0 Å². The number of aryl methyl sites for hydroxylation is 3. The van der Waals surface area contributed by atoms with Crippen molar-refractivity contribution in [3.8, 4) is 0 Å². The summed E-state index contributed by atoms with van der Waals surface area (Å²) in [6, 6.07) is 6.45. The summed E-state index contributed by atoms with van der Waals surface area (Å²) >= 11 is 0. The Hall–Kier alpha value is -1.77. The van der Waals surface area contributed by atoms with Crippen LogP contribution in [-0.2, 0) is 11.3 Å². The van der Waals surface area contributed by atoms with Crippen LogP contribution in [0, 0.1) is 26.7 Å². The molecule has 0 spiro atoms. The molecule has 0 radical (unpaired) electrons. The number of carboxylic acids is 1. The fourth-order valence-electron chi connectivity index (χ4n) is 3.06. The van der Waals surface area contributed by atoms with E-state index >= 15 is 0 Å². The van der Waals surface area contributed by atoms with Crippen LogP contribution in [0.1, 0.15) is 43.0 Å². The summed E-state index contributed by atoms with van der Waals surface area (Å²) in [7, 11) is 0. The number of carboxylic acid groups (broad SMARTS) is 1. The Morgan fingerprint density at radius 1 is 1.24 bits per heavy atom. The van der Waals surface area contributed by atoms with Gasteiger partial charge in [0, 0.05) is 23.1 Å². The number of benzene rings is 1. The van der Waals surface area contributed by atoms with Crippen LogP contribution in [0.2, 0.25) is 0 Å². The van der Waals surface area contributed by atoms with Gasteiger partial charge in [0.05, 0.1) is 5.92 Å². The molecule has 0 saturated heterocycles. The molecule has 0 aliphatic carbocycles. The molecular weight excluding hydrogens is 262 g/mol. The minimum Gasteiger partial charge on any atom is -0.481 e. The summed E-state index contributed by atoms with van der Waals surface area (Å²) in [4.78, 5) is 10.8. The lowest BCUT2D eigenvalue weighted by atomic mass is 10.0. The number of fused-ring (bicyclic) bond motifs is 1. The Morgan fingerprint density at radius 3 is 2.62 bits per heavy atom. The van der Waals surface area contributed by atoms with Crippen LogP contribution < -0.4 is 0 Å². The number of carbonyl (C=O) groups is 1. The molecule has 2 aromatic rings. The fraction of sp³-hybridized carbons (Fsp3) is 0.500. The van der Waals surface area contributed by atoms with Crippen molar-refractivity contribution < 1.29 is 9.90 Å². The van der Waals surface area contributed by atoms with Gasteiger partial charge in [-0.1, -0.05) is 25.5 Å². The summed E-state index contributed by atoms with van der Waals surface area (Å²) in [5, 5.41) is 10.3. The zero-order chi connectivity index (χ0) is 15.6. The number of rotatable bonds is 6. The van der Waals surface area contributed by atoms with E-state index in [1.54, 1.807) is 6.92 Å². The minimum atomic E-state index is -0.691. The highest BCUT2D eigenvalue weighted by atomic mass is 16.4. The summed E-state index contributed by atoms with van der Waals surface area (Å²) in [5.74, 6) is -0.930. The first kappa shape index (κ1) is 15.6. The van der Waals surface area contributed by atoms with E-state index in [-0.39, 0.29) is 5.92 Å². The first-order valence-corrected chi connectivity index (χ1v) is 7.71. The molecule has 3 nitrogen and oxygen atoms in total. The van der Waals surface area contributed by atoms with Gasteiger partial charge in [-0.15, -0.1) is 0 Å². The van der Waals surface area contributed by atoms with Crippen LogP contribution in [0.25, 0.3) is 10.9 Å². The highest BCUT2D eigenvalue weighted by Gasteiger charge is 2.13. The standard InChI is InChI=1S/C18H25NO2/c1-12-9-7-10-16-17(12)14(3)15(4)19(16)11-6-5-8-13(2)18(20)21/h7,9-10,13H,5-6,8,11H2,1-4H3,(H,20,21). The van der Waals surface area contributed by atoms with Gasteiger partial charge in [-0.25, -0.2) is 0 Å². The molecule has 1 aromatic heterocycles. The van der Waals surface area contributed by atoms with E-state index in [1.165, 1.54) is 27.7 Å². The molecule has 1 N–H and O–H groups in total. The second-order valence-corrected chi connectivity index (χ2v) is 6.07. The number of hydrogen-bond donors (Lipinski definition) is 1. The maximum Gasteiger partial charge on any atom is 0.306 e. The molecule has 1 heterocycles. The van der Waals surface area contributed by atoms with Gasteiger partial charge in [0.2, 0.25) is 0 Å². The molecule has 3 heteroatoms. The van der Waals surface area contributed by atoms with Crippen LogP contribution in [0.4, 0.5) is 0 Å². The molecule has 0 aliphatic heterocycles. The second kappa shape index (κ2) is 6.33. The largest absolute Gasteiger partial charge is 0.481 e. The maximum absolute atomic E-state index is 10.8. The summed E-state index contributed by atoms with van der Waals surface area (Å²) in [5.41, 5.74) is 5.32. The predicted molar refractivity (Wildman–Crippen MR) is 86.8 cm³/mol. The van der Waals surface area contributed by atoms with E-state index in [4.69, 9.17) is 5.11 Å². The smallest absolute Gasteiger partial charge is 0.306 e. The van der Waals surface area contributed by atoms with E-state index in [9.17, 15) is 4.79 Å². The van der Waals surface area contributed by atoms with Crippen LogP contribution >= 0.6 is 0 Å². The quantitative estimate of drug-likeness (QED) is 0.797. The fourth-order valence-corrected chi connectivity index (χ4v) is 3.06. The van der Waals surface area contributed by atoms with Gasteiger partial charge >= 0.3 is 5.97 Å². The van der Waals surface area contributed by atoms with E-state index in [0.717, 1.165) is 25.8 Å². The summed E-state index contributed by atoms with van der Waals surface area (Å²) in [6.45, 7) is 9.27. The SMILES string of the molecule is Cc1cccc2c1c(C)c(C)n2CCCCC(C)C(=O)O. The average Bonchev–Trinajstić information content (AvgIpc) is 2.68. The van der Waals surface area contributed by atoms with Crippen molar-refractivity contribution in [3.63, 3.8) is 0 Å². The van der Waals surface area contributed by atoms with Crippen LogP contribution in [0.3, 0.4) is 0 Å². The normalized spacial score (nSPS) is 12.8. The van der Waals surface area contributed by atoms with Crippen molar-refractivity contribution in [2.24, 2.45) is 5.92 Å². The zero-order valence-electron chi connectivity index (χ0n) is 13.4. The second-order valence-electron chi connectivity index (χ2n) is 6.07. The van der Waals surface area contributed by atoms with Crippen LogP contribution in [0.5, 0.6) is 0 Å². The summed E-state index contributed by atoms with van der Waals surface area (Å²) < 4.78 is 2.38. The van der Waals surface area contributed by atoms with Gasteiger partial charge in [0.15, 0.2) is 0 Å². The monoisotopic (exact) mass is 287 g/mol. The third-order valence-corrected chi connectivity index (χ3v) is 4.55. The van der Waals surface area contributed by atoms with E-state index in [2.05, 4.69) is 43.5 Å². The van der Waals surface area contributed by atoms with Crippen molar-refractivity contribution in [1.29, 1.82) is 0 Å². The number of unbranched alkanes of at least 4 members (excludes halogenated alkanes) is 1. The van der Waals surface area contributed by atoms with Gasteiger partial charge in [0.25, 0.3) is 0 Å². The van der Waals surface area contributed by atoms with Crippen molar-refractivity contribution in [2.45, 2.75) is 53.5 Å². The molecule has 1 unspecified atom stereocenters. The molecule has 0 saturated carbocycles. The van der Waals surface area contributed by atoms with Crippen molar-refractivity contribution >= 4 is 16.9 Å². The Morgan fingerprint density at radius 2 is 1.95 bits per heavy atom. The van der Waals surface area contributed by atoms with Crippen LogP contribution in [-0.4, -0.2) is 15.6 Å². The topological polar surface area (TPSA) is 42.2 Å². The summed E-state index contributed by atoms with van der Waals surface area (Å²) in [6.07, 6.45) is 2.73. The Kier molecular flexibility index (Phi) is 4.71. The lowest BCUT2D eigenvalue weighted by molar-refractivity contribution is -0.141. The maximum atomic E-state index is 10.8. The van der Waals surface area contributed by atoms with Crippen molar-refractivity contribution in [2.75, 3.05) is 0 Å². The number of aliphatic carboxylic acids is 1.